The van der Waals surface area contributed by atoms with Crippen LogP contribution in [0.4, 0.5) is 0 Å². The molecule has 0 aliphatic carbocycles. The van der Waals surface area contributed by atoms with Crippen LogP contribution in [0, 0.1) is 0 Å². The summed E-state index contributed by atoms with van der Waals surface area (Å²) in [5.41, 5.74) is 0. The van der Waals surface area contributed by atoms with E-state index in [1.54, 1.807) is 42.5 Å². The summed E-state index contributed by atoms with van der Waals surface area (Å²) in [6, 6.07) is 14.5. The molecule has 0 saturated heterocycles. The van der Waals surface area contributed by atoms with Crippen LogP contribution >= 0.6 is 7.94 Å². The molecule has 0 fully saturated rings. The van der Waals surface area contributed by atoms with Gasteiger partial charge in [-0.25, -0.2) is 0 Å². The molecule has 2 aromatic carbocycles. The number of para-hydroxylation sites is 2. The van der Waals surface area contributed by atoms with Gasteiger partial charge in [0.15, 0.2) is 0 Å². The van der Waals surface area contributed by atoms with Gasteiger partial charge in [0.05, 0.1) is 0 Å². The van der Waals surface area contributed by atoms with E-state index in [1.807, 2.05) is 0 Å². The van der Waals surface area contributed by atoms with Crippen molar-refractivity contribution in [1.82, 2.24) is 0 Å². The number of aromatic hydroxyl groups is 1. The third-order valence-electron chi connectivity index (χ3n) is 2.27. The minimum absolute atomic E-state index is 0.0630. The van der Waals surface area contributed by atoms with Gasteiger partial charge in [-0.05, 0) is 0 Å². The summed E-state index contributed by atoms with van der Waals surface area (Å²) in [7, 11) is -4.01. The van der Waals surface area contributed by atoms with Crippen molar-refractivity contribution >= 4 is 13.2 Å². The molecule has 0 aliphatic heterocycles. The van der Waals surface area contributed by atoms with Crippen LogP contribution in [0.2, 0.25) is 0 Å². The Bertz CT molecular complexity index is 499. The van der Waals surface area contributed by atoms with Gasteiger partial charge in [0.2, 0.25) is 0 Å². The van der Waals surface area contributed by atoms with Gasteiger partial charge in [0.1, 0.15) is 0 Å². The molecule has 2 rings (SSSR count). The van der Waals surface area contributed by atoms with Crippen LogP contribution in [0.1, 0.15) is 0 Å². The van der Waals surface area contributed by atoms with Gasteiger partial charge in [-0.2, -0.15) is 0 Å². The molecule has 3 N–H and O–H groups in total. The van der Waals surface area contributed by atoms with Crippen molar-refractivity contribution in [2.75, 3.05) is 0 Å². The van der Waals surface area contributed by atoms with Gasteiger partial charge in [-0.15, -0.1) is 0 Å². The molecule has 17 heavy (non-hydrogen) atoms. The maximum atomic E-state index is 9.92. The first kappa shape index (κ1) is 11.9. The number of benzene rings is 2. The Kier molecular flexibility index (Phi) is 3.29. The normalized spacial score (nSPS) is 12.1. The molecule has 5 heteroatoms. The molecule has 4 nitrogen and oxygen atoms in total. The van der Waals surface area contributed by atoms with Gasteiger partial charge in [0, 0.05) is 0 Å². The van der Waals surface area contributed by atoms with Gasteiger partial charge in [-0.1, -0.05) is 0 Å². The number of phenolic OH excluding ortho intramolecular Hbond substituents is 1. The van der Waals surface area contributed by atoms with E-state index in [1.165, 1.54) is 12.1 Å². The first-order valence-electron chi connectivity index (χ1n) is 5.07. The fourth-order valence-electron chi connectivity index (χ4n) is 1.41. The van der Waals surface area contributed by atoms with Crippen LogP contribution in [0.15, 0.2) is 54.6 Å². The third kappa shape index (κ3) is 2.74. The van der Waals surface area contributed by atoms with E-state index in [4.69, 9.17) is 4.52 Å². The maximum absolute atomic E-state index is 9.92. The Balaban J connectivity index is 2.27. The SMILES string of the molecule is Oc1ccccc1O[PH](O)(O)c1ccccc1. The molecule has 0 amide bonds. The van der Waals surface area contributed by atoms with Crippen molar-refractivity contribution in [2.45, 2.75) is 0 Å². The minimum atomic E-state index is -4.01. The Labute approximate surface area is 99.3 Å². The summed E-state index contributed by atoms with van der Waals surface area (Å²) in [6.07, 6.45) is 0. The molecule has 0 radical (unpaired) electrons. The summed E-state index contributed by atoms with van der Waals surface area (Å²) < 4.78 is 5.12. The molecule has 0 bridgehead atoms. The third-order valence-corrected chi connectivity index (χ3v) is 3.86. The summed E-state index contributed by atoms with van der Waals surface area (Å²) in [4.78, 5) is 19.8. The Morgan fingerprint density at radius 1 is 0.824 bits per heavy atom. The topological polar surface area (TPSA) is 69.9 Å². The first-order chi connectivity index (χ1) is 8.09. The van der Waals surface area contributed by atoms with Crippen LogP contribution < -0.4 is 9.83 Å². The van der Waals surface area contributed by atoms with E-state index < -0.39 is 7.94 Å². The fourth-order valence-corrected chi connectivity index (χ4v) is 2.63. The average molecular weight is 252 g/mol. The molecule has 0 saturated carbocycles. The summed E-state index contributed by atoms with van der Waals surface area (Å²) in [5.74, 6) is -0.0589. The Hall–Kier alpha value is -1.61. The summed E-state index contributed by atoms with van der Waals surface area (Å²) in [6.45, 7) is 0. The predicted molar refractivity (Wildman–Crippen MR) is 67.6 cm³/mol. The van der Waals surface area contributed by atoms with E-state index in [-0.39, 0.29) is 11.5 Å². The van der Waals surface area contributed by atoms with Crippen molar-refractivity contribution in [3.05, 3.63) is 54.6 Å². The van der Waals surface area contributed by atoms with E-state index in [0.717, 1.165) is 0 Å². The Morgan fingerprint density at radius 3 is 2.06 bits per heavy atom. The number of hydrogen-bond donors (Lipinski definition) is 3. The van der Waals surface area contributed by atoms with E-state index in [9.17, 15) is 14.9 Å². The molecule has 0 aromatic heterocycles. The molecular weight excluding hydrogens is 239 g/mol. The van der Waals surface area contributed by atoms with Crippen molar-refractivity contribution in [3.8, 4) is 11.5 Å². The van der Waals surface area contributed by atoms with E-state index >= 15 is 0 Å². The zero-order chi connectivity index (χ0) is 12.3. The van der Waals surface area contributed by atoms with Crippen molar-refractivity contribution in [2.24, 2.45) is 0 Å². The molecular formula is C12H13O4P. The molecule has 90 valence electrons. The van der Waals surface area contributed by atoms with E-state index in [2.05, 4.69) is 0 Å². The van der Waals surface area contributed by atoms with Crippen molar-refractivity contribution in [1.29, 1.82) is 0 Å². The van der Waals surface area contributed by atoms with Crippen LogP contribution in [-0.4, -0.2) is 14.9 Å². The number of phenols is 1. The Morgan fingerprint density at radius 2 is 1.41 bits per heavy atom. The molecule has 0 spiro atoms. The summed E-state index contributed by atoms with van der Waals surface area (Å²) in [5, 5.41) is 9.82. The van der Waals surface area contributed by atoms with Gasteiger partial charge < -0.3 is 0 Å². The van der Waals surface area contributed by atoms with Crippen molar-refractivity contribution in [3.63, 3.8) is 0 Å². The number of rotatable bonds is 3. The molecule has 0 unspecified atom stereocenters. The predicted octanol–water partition coefficient (Wildman–Crippen LogP) is 1.58. The molecule has 2 aromatic rings. The first-order valence-corrected chi connectivity index (χ1v) is 6.87. The molecule has 0 atom stereocenters. The standard InChI is InChI=1S/C12H13O4P/c13-11-8-4-5-9-12(11)16-17(14,15)10-6-2-1-3-7-10/h1-9,13-15,17H. The summed E-state index contributed by atoms with van der Waals surface area (Å²) >= 11 is 0. The molecule has 0 aliphatic rings. The van der Waals surface area contributed by atoms with Gasteiger partial charge in [0.25, 0.3) is 0 Å². The quantitative estimate of drug-likeness (QED) is 0.725. The van der Waals surface area contributed by atoms with Gasteiger partial charge >= 0.3 is 98.8 Å². The second kappa shape index (κ2) is 4.72. The van der Waals surface area contributed by atoms with Crippen molar-refractivity contribution < 1.29 is 19.4 Å². The van der Waals surface area contributed by atoms with Gasteiger partial charge in [-0.3, -0.25) is 0 Å². The molecule has 0 heterocycles. The van der Waals surface area contributed by atoms with Crippen LogP contribution in [0.3, 0.4) is 0 Å². The van der Waals surface area contributed by atoms with Crippen LogP contribution in [-0.2, 0) is 0 Å². The second-order valence-electron chi connectivity index (χ2n) is 3.54. The van der Waals surface area contributed by atoms with Crippen LogP contribution in [0.25, 0.3) is 0 Å². The second-order valence-corrected chi connectivity index (χ2v) is 5.54. The zero-order valence-electron chi connectivity index (χ0n) is 8.95. The van der Waals surface area contributed by atoms with E-state index in [0.29, 0.717) is 5.30 Å². The average Bonchev–Trinajstić information content (AvgIpc) is 2.33. The zero-order valence-corrected chi connectivity index (χ0v) is 9.95. The number of hydrogen-bond acceptors (Lipinski definition) is 4. The fraction of sp³-hybridized carbons (Fsp3) is 0. The van der Waals surface area contributed by atoms with Crippen LogP contribution in [0.5, 0.6) is 11.5 Å². The monoisotopic (exact) mass is 252 g/mol.